The molecule has 0 bridgehead atoms. The molecule has 0 aromatic rings. The van der Waals surface area contributed by atoms with Crippen molar-refractivity contribution in [3.05, 3.63) is 0 Å². The molecule has 0 aromatic heterocycles. The maximum atomic E-state index is 6.02. The predicted molar refractivity (Wildman–Crippen MR) is 50.1 cm³/mol. The van der Waals surface area contributed by atoms with Gasteiger partial charge in [0.2, 0.25) is 0 Å². The molecule has 12 heavy (non-hydrogen) atoms. The van der Waals surface area contributed by atoms with Gasteiger partial charge in [0.15, 0.2) is 0 Å². The van der Waals surface area contributed by atoms with Crippen molar-refractivity contribution in [2.75, 3.05) is 0 Å². The Hall–Kier alpha value is -0.0400. The molecule has 1 nitrogen and oxygen atoms in total. The molecule has 0 spiro atoms. The molecule has 0 aromatic carbocycles. The molecule has 1 saturated carbocycles. The predicted octanol–water partition coefficient (Wildman–Crippen LogP) is 3.13. The minimum Gasteiger partial charge on any atom is -0.362 e. The van der Waals surface area contributed by atoms with Gasteiger partial charge in [0.25, 0.3) is 0 Å². The third-order valence-electron chi connectivity index (χ3n) is 3.86. The van der Waals surface area contributed by atoms with Crippen molar-refractivity contribution in [2.24, 2.45) is 5.41 Å². The molecule has 1 saturated heterocycles. The van der Waals surface area contributed by atoms with Gasteiger partial charge in [-0.05, 0) is 25.2 Å². The average molecular weight is 168 g/mol. The Bertz CT molecular complexity index is 200. The van der Waals surface area contributed by atoms with Gasteiger partial charge in [0.05, 0.1) is 5.60 Å². The Labute approximate surface area is 75.5 Å². The van der Waals surface area contributed by atoms with Crippen LogP contribution in [0, 0.1) is 5.41 Å². The lowest BCUT2D eigenvalue weighted by Crippen LogP contribution is -2.39. The molecular formula is C11H20O. The third kappa shape index (κ3) is 0.834. The summed E-state index contributed by atoms with van der Waals surface area (Å²) >= 11 is 0. The molecule has 1 heterocycles. The highest BCUT2D eigenvalue weighted by atomic mass is 16.6. The zero-order chi connectivity index (χ0) is 9.04. The largest absolute Gasteiger partial charge is 0.362 e. The SMILES string of the molecule is CC(C)(C)C12CCCCC1(C)O2. The van der Waals surface area contributed by atoms with Gasteiger partial charge in [0, 0.05) is 0 Å². The normalized spacial score (nSPS) is 47.0. The van der Waals surface area contributed by atoms with Gasteiger partial charge in [-0.3, -0.25) is 0 Å². The maximum Gasteiger partial charge on any atom is 0.102 e. The first-order valence-corrected chi connectivity index (χ1v) is 5.12. The zero-order valence-electron chi connectivity index (χ0n) is 8.74. The van der Waals surface area contributed by atoms with Crippen LogP contribution in [0.1, 0.15) is 53.4 Å². The number of hydrogen-bond donors (Lipinski definition) is 0. The molecule has 2 rings (SSSR count). The van der Waals surface area contributed by atoms with E-state index in [4.69, 9.17) is 4.74 Å². The monoisotopic (exact) mass is 168 g/mol. The quantitative estimate of drug-likeness (QED) is 0.506. The lowest BCUT2D eigenvalue weighted by atomic mass is 9.67. The molecule has 70 valence electrons. The van der Waals surface area contributed by atoms with Crippen molar-refractivity contribution in [3.63, 3.8) is 0 Å². The van der Waals surface area contributed by atoms with Crippen LogP contribution >= 0.6 is 0 Å². The van der Waals surface area contributed by atoms with Crippen molar-refractivity contribution >= 4 is 0 Å². The first-order chi connectivity index (χ1) is 5.41. The van der Waals surface area contributed by atoms with Crippen LogP contribution in [0.25, 0.3) is 0 Å². The average Bonchev–Trinajstić information content (AvgIpc) is 2.54. The number of ether oxygens (including phenoxy) is 1. The van der Waals surface area contributed by atoms with E-state index < -0.39 is 0 Å². The summed E-state index contributed by atoms with van der Waals surface area (Å²) in [4.78, 5) is 0. The fourth-order valence-electron chi connectivity index (χ4n) is 3.09. The molecule has 2 fully saturated rings. The van der Waals surface area contributed by atoms with E-state index >= 15 is 0 Å². The summed E-state index contributed by atoms with van der Waals surface area (Å²) in [6.07, 6.45) is 5.25. The number of fused-ring (bicyclic) bond motifs is 1. The second-order valence-corrected chi connectivity index (χ2v) is 5.62. The van der Waals surface area contributed by atoms with E-state index in [0.29, 0.717) is 5.41 Å². The van der Waals surface area contributed by atoms with Gasteiger partial charge < -0.3 is 4.74 Å². The molecule has 2 aliphatic rings. The molecule has 0 radical (unpaired) electrons. The van der Waals surface area contributed by atoms with Crippen LogP contribution in [0.4, 0.5) is 0 Å². The third-order valence-corrected chi connectivity index (χ3v) is 3.86. The van der Waals surface area contributed by atoms with E-state index in [0.717, 1.165) is 0 Å². The molecule has 1 heteroatoms. The molecular weight excluding hydrogens is 148 g/mol. The van der Waals surface area contributed by atoms with Crippen LogP contribution < -0.4 is 0 Å². The minimum atomic E-state index is 0.220. The van der Waals surface area contributed by atoms with Crippen molar-refractivity contribution in [3.8, 4) is 0 Å². The van der Waals surface area contributed by atoms with Crippen LogP contribution in [-0.2, 0) is 4.74 Å². The topological polar surface area (TPSA) is 12.5 Å². The van der Waals surface area contributed by atoms with E-state index in [2.05, 4.69) is 27.7 Å². The smallest absolute Gasteiger partial charge is 0.102 e. The summed E-state index contributed by atoms with van der Waals surface area (Å²) in [6.45, 7) is 9.22. The first kappa shape index (κ1) is 8.55. The number of hydrogen-bond acceptors (Lipinski definition) is 1. The molecule has 2 atom stereocenters. The van der Waals surface area contributed by atoms with E-state index in [1.54, 1.807) is 0 Å². The summed E-state index contributed by atoms with van der Waals surface area (Å²) in [7, 11) is 0. The van der Waals surface area contributed by atoms with Gasteiger partial charge >= 0.3 is 0 Å². The first-order valence-electron chi connectivity index (χ1n) is 5.12. The van der Waals surface area contributed by atoms with E-state index in [-0.39, 0.29) is 11.2 Å². The van der Waals surface area contributed by atoms with E-state index in [1.807, 2.05) is 0 Å². The Morgan fingerprint density at radius 3 is 2.08 bits per heavy atom. The fraction of sp³-hybridized carbons (Fsp3) is 1.00. The molecule has 2 unspecified atom stereocenters. The van der Waals surface area contributed by atoms with Crippen molar-refractivity contribution in [1.82, 2.24) is 0 Å². The maximum absolute atomic E-state index is 6.02. The highest BCUT2D eigenvalue weighted by Crippen LogP contribution is 2.64. The van der Waals surface area contributed by atoms with Crippen LogP contribution in [0.3, 0.4) is 0 Å². The van der Waals surface area contributed by atoms with Crippen molar-refractivity contribution in [1.29, 1.82) is 0 Å². The molecule has 0 amide bonds. The van der Waals surface area contributed by atoms with Crippen LogP contribution in [0.2, 0.25) is 0 Å². The molecule has 1 aliphatic heterocycles. The fourth-order valence-corrected chi connectivity index (χ4v) is 3.09. The van der Waals surface area contributed by atoms with Crippen LogP contribution in [0.15, 0.2) is 0 Å². The van der Waals surface area contributed by atoms with Gasteiger partial charge in [-0.2, -0.15) is 0 Å². The highest BCUT2D eigenvalue weighted by molar-refractivity contribution is 5.20. The summed E-state index contributed by atoms with van der Waals surface area (Å²) in [5, 5.41) is 0. The lowest BCUT2D eigenvalue weighted by molar-refractivity contribution is 0.143. The van der Waals surface area contributed by atoms with Crippen LogP contribution in [-0.4, -0.2) is 11.2 Å². The standard InChI is InChI=1S/C11H20O/c1-9(2,3)11-8-6-5-7-10(11,4)12-11/h5-8H2,1-4H3. The second kappa shape index (κ2) is 2.06. The summed E-state index contributed by atoms with van der Waals surface area (Å²) in [5.41, 5.74) is 0.768. The van der Waals surface area contributed by atoms with E-state index in [9.17, 15) is 0 Å². The summed E-state index contributed by atoms with van der Waals surface area (Å²) < 4.78 is 6.02. The lowest BCUT2D eigenvalue weighted by Gasteiger charge is -2.33. The minimum absolute atomic E-state index is 0.220. The van der Waals surface area contributed by atoms with Gasteiger partial charge in [-0.1, -0.05) is 33.6 Å². The van der Waals surface area contributed by atoms with Gasteiger partial charge in [-0.15, -0.1) is 0 Å². The molecule has 1 aliphatic carbocycles. The number of epoxide rings is 1. The van der Waals surface area contributed by atoms with E-state index in [1.165, 1.54) is 25.7 Å². The molecule has 0 N–H and O–H groups in total. The summed E-state index contributed by atoms with van der Waals surface area (Å²) in [5.74, 6) is 0. The number of rotatable bonds is 0. The van der Waals surface area contributed by atoms with Gasteiger partial charge in [0.1, 0.15) is 5.60 Å². The highest BCUT2D eigenvalue weighted by Gasteiger charge is 2.71. The van der Waals surface area contributed by atoms with Crippen molar-refractivity contribution in [2.45, 2.75) is 64.6 Å². The zero-order valence-corrected chi connectivity index (χ0v) is 8.74. The Morgan fingerprint density at radius 1 is 1.08 bits per heavy atom. The Morgan fingerprint density at radius 2 is 1.67 bits per heavy atom. The van der Waals surface area contributed by atoms with Gasteiger partial charge in [-0.25, -0.2) is 0 Å². The van der Waals surface area contributed by atoms with Crippen molar-refractivity contribution < 1.29 is 4.74 Å². The Balaban J connectivity index is 2.24. The Kier molecular flexibility index (Phi) is 1.47. The summed E-state index contributed by atoms with van der Waals surface area (Å²) in [6, 6.07) is 0. The second-order valence-electron chi connectivity index (χ2n) is 5.62. The van der Waals surface area contributed by atoms with Crippen LogP contribution in [0.5, 0.6) is 0 Å².